The smallest absolute Gasteiger partial charge is 0.320 e. The van der Waals surface area contributed by atoms with E-state index in [1.165, 1.54) is 19.2 Å². The fourth-order valence-corrected chi connectivity index (χ4v) is 2.06. The zero-order chi connectivity index (χ0) is 13.7. The van der Waals surface area contributed by atoms with Crippen molar-refractivity contribution in [2.75, 3.05) is 13.7 Å². The van der Waals surface area contributed by atoms with Crippen LogP contribution in [0.5, 0.6) is 0 Å². The summed E-state index contributed by atoms with van der Waals surface area (Å²) < 4.78 is 17.5. The van der Waals surface area contributed by atoms with Crippen molar-refractivity contribution in [3.8, 4) is 0 Å². The summed E-state index contributed by atoms with van der Waals surface area (Å²) in [4.78, 5) is 22.9. The molecule has 0 saturated carbocycles. The molecule has 98 valence electrons. The van der Waals surface area contributed by atoms with E-state index in [1.807, 2.05) is 22.6 Å². The third kappa shape index (κ3) is 4.20. The second-order valence-corrected chi connectivity index (χ2v) is 5.68. The van der Waals surface area contributed by atoms with Gasteiger partial charge in [-0.2, -0.15) is 0 Å². The number of rotatable bonds is 4. The Balaban J connectivity index is 2.66. The summed E-state index contributed by atoms with van der Waals surface area (Å²) in [5.41, 5.74) is 0.184. The van der Waals surface area contributed by atoms with Gasteiger partial charge < -0.3 is 10.1 Å². The van der Waals surface area contributed by atoms with Crippen molar-refractivity contribution in [1.82, 2.24) is 5.32 Å². The maximum atomic E-state index is 13.0. The highest BCUT2D eigenvalue weighted by Crippen LogP contribution is 2.17. The molecule has 18 heavy (non-hydrogen) atoms. The summed E-state index contributed by atoms with van der Waals surface area (Å²) in [6.45, 7) is 0.120. The molecule has 1 N–H and O–H groups in total. The molecule has 1 unspecified atom stereocenters. The number of amides is 1. The predicted molar refractivity (Wildman–Crippen MR) is 76.3 cm³/mol. The van der Waals surface area contributed by atoms with E-state index in [4.69, 9.17) is 0 Å². The van der Waals surface area contributed by atoms with Gasteiger partial charge in [0.1, 0.15) is 9.74 Å². The lowest BCUT2D eigenvalue weighted by atomic mass is 10.2. The number of alkyl halides is 1. The Labute approximate surface area is 126 Å². The van der Waals surface area contributed by atoms with Crippen LogP contribution in [0.2, 0.25) is 0 Å². The topological polar surface area (TPSA) is 55.4 Å². The molecule has 0 bridgehead atoms. The van der Waals surface area contributed by atoms with Gasteiger partial charge in [-0.3, -0.25) is 9.59 Å². The van der Waals surface area contributed by atoms with Crippen LogP contribution >= 0.6 is 38.5 Å². The number of ether oxygens (including phenoxy) is 1. The number of hydrogen-bond donors (Lipinski definition) is 1. The first-order valence-corrected chi connectivity index (χ1v) is 6.94. The van der Waals surface area contributed by atoms with Crippen molar-refractivity contribution in [2.24, 2.45) is 0 Å². The lowest BCUT2D eigenvalue weighted by Crippen LogP contribution is -2.34. The number of halogens is 3. The number of hydrogen-bond acceptors (Lipinski definition) is 3. The summed E-state index contributed by atoms with van der Waals surface area (Å²) in [6.07, 6.45) is 0. The van der Waals surface area contributed by atoms with Crippen molar-refractivity contribution < 1.29 is 18.7 Å². The van der Waals surface area contributed by atoms with E-state index in [2.05, 4.69) is 26.0 Å². The monoisotopic (exact) mass is 429 g/mol. The van der Waals surface area contributed by atoms with Gasteiger partial charge in [-0.1, -0.05) is 22.6 Å². The van der Waals surface area contributed by atoms with Gasteiger partial charge in [0.15, 0.2) is 0 Å². The summed E-state index contributed by atoms with van der Waals surface area (Å²) in [7, 11) is 1.28. The highest BCUT2D eigenvalue weighted by molar-refractivity contribution is 14.1. The van der Waals surface area contributed by atoms with Gasteiger partial charge in [0.25, 0.3) is 5.91 Å². The average Bonchev–Trinajstić information content (AvgIpc) is 2.37. The molecule has 1 atom stereocenters. The van der Waals surface area contributed by atoms with Crippen molar-refractivity contribution in [3.05, 3.63) is 34.1 Å². The van der Waals surface area contributed by atoms with E-state index < -0.39 is 21.6 Å². The molecule has 0 radical (unpaired) electrons. The van der Waals surface area contributed by atoms with Crippen LogP contribution in [0.3, 0.4) is 0 Å². The SMILES string of the molecule is COC(=O)C(I)CNC(=O)c1cc(F)ccc1Br. The van der Waals surface area contributed by atoms with E-state index >= 15 is 0 Å². The van der Waals surface area contributed by atoms with Gasteiger partial charge in [0.2, 0.25) is 0 Å². The number of esters is 1. The van der Waals surface area contributed by atoms with Crippen LogP contribution in [0.1, 0.15) is 10.4 Å². The van der Waals surface area contributed by atoms with Crippen molar-refractivity contribution in [2.45, 2.75) is 3.92 Å². The molecule has 4 nitrogen and oxygen atoms in total. The third-order valence-electron chi connectivity index (χ3n) is 2.07. The highest BCUT2D eigenvalue weighted by Gasteiger charge is 2.17. The number of carbonyl (C=O) groups is 2. The molecule has 7 heteroatoms. The van der Waals surface area contributed by atoms with Gasteiger partial charge in [-0.15, -0.1) is 0 Å². The molecule has 1 aromatic rings. The van der Waals surface area contributed by atoms with Crippen LogP contribution in [-0.2, 0) is 9.53 Å². The summed E-state index contributed by atoms with van der Waals surface area (Å²) in [5.74, 6) is -1.37. The van der Waals surface area contributed by atoms with Crippen molar-refractivity contribution in [3.63, 3.8) is 0 Å². The second-order valence-electron chi connectivity index (χ2n) is 3.32. The Morgan fingerprint density at radius 2 is 2.22 bits per heavy atom. The molecule has 0 fully saturated rings. The number of methoxy groups -OCH3 is 1. The lowest BCUT2D eigenvalue weighted by Gasteiger charge is -2.10. The van der Waals surface area contributed by atoms with Crippen LogP contribution in [0.4, 0.5) is 4.39 Å². The molecule has 0 aliphatic rings. The Morgan fingerprint density at radius 1 is 1.56 bits per heavy atom. The zero-order valence-electron chi connectivity index (χ0n) is 9.38. The molecule has 1 amide bonds. The van der Waals surface area contributed by atoms with Gasteiger partial charge in [0.05, 0.1) is 12.7 Å². The van der Waals surface area contributed by atoms with Crippen LogP contribution in [0, 0.1) is 5.82 Å². The Bertz CT molecular complexity index is 470. The highest BCUT2D eigenvalue weighted by atomic mass is 127. The van der Waals surface area contributed by atoms with E-state index in [1.54, 1.807) is 0 Å². The largest absolute Gasteiger partial charge is 0.468 e. The van der Waals surface area contributed by atoms with E-state index in [-0.39, 0.29) is 12.1 Å². The number of nitrogens with one attached hydrogen (secondary N) is 1. The standard InChI is InChI=1S/C11H10BrFINO3/c1-18-11(17)9(14)5-15-10(16)7-4-6(13)2-3-8(7)12/h2-4,9H,5H2,1H3,(H,15,16). The van der Waals surface area contributed by atoms with Crippen LogP contribution in [0.25, 0.3) is 0 Å². The third-order valence-corrected chi connectivity index (χ3v) is 3.71. The molecule has 0 aromatic heterocycles. The second kappa shape index (κ2) is 7.03. The minimum atomic E-state index is -0.498. The first kappa shape index (κ1) is 15.4. The molecule has 0 aliphatic carbocycles. The minimum Gasteiger partial charge on any atom is -0.468 e. The Morgan fingerprint density at radius 3 is 2.83 bits per heavy atom. The zero-order valence-corrected chi connectivity index (χ0v) is 13.1. The van der Waals surface area contributed by atoms with Crippen LogP contribution in [0.15, 0.2) is 22.7 Å². The molecule has 1 aromatic carbocycles. The van der Waals surface area contributed by atoms with Gasteiger partial charge in [0, 0.05) is 11.0 Å². The molecule has 1 rings (SSSR count). The van der Waals surface area contributed by atoms with Crippen molar-refractivity contribution in [1.29, 1.82) is 0 Å². The molecule has 0 aliphatic heterocycles. The lowest BCUT2D eigenvalue weighted by molar-refractivity contribution is -0.139. The fourth-order valence-electron chi connectivity index (χ4n) is 1.16. The summed E-state index contributed by atoms with van der Waals surface area (Å²) in [5, 5.41) is 2.54. The van der Waals surface area contributed by atoms with E-state index in [0.29, 0.717) is 4.47 Å². The van der Waals surface area contributed by atoms with Crippen molar-refractivity contribution >= 4 is 50.4 Å². The van der Waals surface area contributed by atoms with Gasteiger partial charge in [-0.05, 0) is 34.1 Å². The molecule has 0 spiro atoms. The fraction of sp³-hybridized carbons (Fsp3) is 0.273. The predicted octanol–water partition coefficient (Wildman–Crippen LogP) is 2.29. The van der Waals surface area contributed by atoms with Gasteiger partial charge in [-0.25, -0.2) is 4.39 Å². The quantitative estimate of drug-likeness (QED) is 0.454. The number of benzene rings is 1. The number of carbonyl (C=O) groups excluding carboxylic acids is 2. The molecular weight excluding hydrogens is 420 g/mol. The van der Waals surface area contributed by atoms with E-state index in [0.717, 1.165) is 6.07 Å². The van der Waals surface area contributed by atoms with Gasteiger partial charge >= 0.3 is 5.97 Å². The summed E-state index contributed by atoms with van der Waals surface area (Å²) in [6, 6.07) is 3.82. The Kier molecular flexibility index (Phi) is 6.00. The van der Waals surface area contributed by atoms with E-state index in [9.17, 15) is 14.0 Å². The molecule has 0 saturated heterocycles. The maximum absolute atomic E-state index is 13.0. The first-order chi connectivity index (χ1) is 8.45. The summed E-state index contributed by atoms with van der Waals surface area (Å²) >= 11 is 5.02. The Hall–Kier alpha value is -0.700. The van der Waals surface area contributed by atoms with Crippen LogP contribution < -0.4 is 5.32 Å². The van der Waals surface area contributed by atoms with Crippen LogP contribution in [-0.4, -0.2) is 29.5 Å². The first-order valence-electron chi connectivity index (χ1n) is 4.91. The maximum Gasteiger partial charge on any atom is 0.320 e. The normalized spacial score (nSPS) is 11.8. The molecule has 0 heterocycles. The molecular formula is C11H10BrFINO3. The average molecular weight is 430 g/mol. The minimum absolute atomic E-state index is 0.120.